The van der Waals surface area contributed by atoms with Crippen molar-refractivity contribution in [2.45, 2.75) is 6.54 Å². The van der Waals surface area contributed by atoms with Crippen LogP contribution in [0, 0.1) is 0 Å². The number of halogens is 3. The molecule has 1 heterocycles. The summed E-state index contributed by atoms with van der Waals surface area (Å²) in [4.78, 5) is 6.96. The highest BCUT2D eigenvalue weighted by molar-refractivity contribution is 7.16. The summed E-state index contributed by atoms with van der Waals surface area (Å²) in [6.07, 6.45) is 0. The summed E-state index contributed by atoms with van der Waals surface area (Å²) in [5, 5.41) is 1.43. The fraction of sp³-hybridized carbons (Fsp3) is 0.500. The van der Waals surface area contributed by atoms with Crippen LogP contribution in [0.15, 0.2) is 0 Å². The van der Waals surface area contributed by atoms with Crippen LogP contribution in [0.5, 0.6) is 0 Å². The summed E-state index contributed by atoms with van der Waals surface area (Å²) in [5.41, 5.74) is 5.43. The van der Waals surface area contributed by atoms with Crippen molar-refractivity contribution >= 4 is 52.9 Å². The van der Waals surface area contributed by atoms with Gasteiger partial charge in [-0.15, -0.1) is 24.8 Å². The summed E-state index contributed by atoms with van der Waals surface area (Å²) in [5.74, 6) is 0. The van der Waals surface area contributed by atoms with Gasteiger partial charge in [0.05, 0.1) is 4.88 Å². The van der Waals surface area contributed by atoms with Crippen molar-refractivity contribution in [3.63, 3.8) is 0 Å². The highest BCUT2D eigenvalue weighted by Crippen LogP contribution is 2.27. The van der Waals surface area contributed by atoms with Gasteiger partial charge in [0.1, 0.15) is 5.15 Å². The fourth-order valence-electron chi connectivity index (χ4n) is 0.639. The highest BCUT2D eigenvalue weighted by Gasteiger charge is 2.07. The van der Waals surface area contributed by atoms with Crippen molar-refractivity contribution < 1.29 is 0 Å². The second kappa shape index (κ2) is 6.68. The maximum atomic E-state index is 5.78. The van der Waals surface area contributed by atoms with Crippen LogP contribution in [-0.4, -0.2) is 19.1 Å². The molecule has 0 unspecified atom stereocenters. The Kier molecular flexibility index (Phi) is 8.07. The Morgan fingerprint density at radius 3 is 2.23 bits per heavy atom. The van der Waals surface area contributed by atoms with Crippen molar-refractivity contribution in [1.29, 1.82) is 0 Å². The van der Waals surface area contributed by atoms with Gasteiger partial charge >= 0.3 is 0 Å². The molecule has 0 aromatic carbocycles. The zero-order chi connectivity index (χ0) is 8.43. The Hall–Kier alpha value is 0.260. The highest BCUT2D eigenvalue weighted by atomic mass is 35.5. The standard InChI is InChI=1S/C6H10ClN3S.2ClH/c1-10(2)6-9-5(7)4(3-8)11-6;;/h3,8H2,1-2H3;2*1H. The number of nitrogens with zero attached hydrogens (tertiary/aromatic N) is 2. The monoisotopic (exact) mass is 263 g/mol. The molecule has 0 radical (unpaired) electrons. The molecule has 1 rings (SSSR count). The lowest BCUT2D eigenvalue weighted by molar-refractivity contribution is 1.08. The molecule has 0 aliphatic carbocycles. The molecule has 0 fully saturated rings. The van der Waals surface area contributed by atoms with Gasteiger partial charge in [0.25, 0.3) is 0 Å². The zero-order valence-electron chi connectivity index (χ0n) is 7.28. The van der Waals surface area contributed by atoms with Gasteiger partial charge in [-0.1, -0.05) is 22.9 Å². The summed E-state index contributed by atoms with van der Waals surface area (Å²) in [6.45, 7) is 0.463. The zero-order valence-corrected chi connectivity index (χ0v) is 10.5. The Balaban J connectivity index is 0. The van der Waals surface area contributed by atoms with Crippen LogP contribution in [0.2, 0.25) is 5.15 Å². The average molecular weight is 265 g/mol. The second-order valence-corrected chi connectivity index (χ2v) is 3.73. The molecule has 13 heavy (non-hydrogen) atoms. The molecule has 0 atom stereocenters. The molecule has 2 N–H and O–H groups in total. The van der Waals surface area contributed by atoms with Crippen LogP contribution >= 0.6 is 47.8 Å². The third-order valence-electron chi connectivity index (χ3n) is 1.21. The molecule has 0 spiro atoms. The molecule has 0 aliphatic heterocycles. The molecule has 7 heteroatoms. The minimum Gasteiger partial charge on any atom is -0.354 e. The lowest BCUT2D eigenvalue weighted by Crippen LogP contribution is -2.07. The molecular weight excluding hydrogens is 253 g/mol. The molecule has 0 saturated heterocycles. The van der Waals surface area contributed by atoms with E-state index in [0.29, 0.717) is 11.7 Å². The van der Waals surface area contributed by atoms with Crippen molar-refractivity contribution in [1.82, 2.24) is 4.98 Å². The third kappa shape index (κ3) is 3.87. The lowest BCUT2D eigenvalue weighted by Gasteiger charge is -2.04. The van der Waals surface area contributed by atoms with E-state index in [9.17, 15) is 0 Å². The van der Waals surface area contributed by atoms with Crippen LogP contribution in [0.1, 0.15) is 4.88 Å². The normalized spacial score (nSPS) is 8.62. The Labute approximate surface area is 99.1 Å². The van der Waals surface area contributed by atoms with Crippen molar-refractivity contribution in [2.24, 2.45) is 5.73 Å². The Bertz CT molecular complexity index is 251. The van der Waals surface area contributed by atoms with Gasteiger partial charge in [0, 0.05) is 20.6 Å². The minimum atomic E-state index is 0. The Morgan fingerprint density at radius 2 is 2.00 bits per heavy atom. The number of thiazole rings is 1. The van der Waals surface area contributed by atoms with E-state index in [1.807, 2.05) is 19.0 Å². The van der Waals surface area contributed by atoms with Crippen molar-refractivity contribution in [3.8, 4) is 0 Å². The van der Waals surface area contributed by atoms with E-state index < -0.39 is 0 Å². The van der Waals surface area contributed by atoms with Gasteiger partial charge in [0.2, 0.25) is 0 Å². The van der Waals surface area contributed by atoms with Crippen LogP contribution in [-0.2, 0) is 6.54 Å². The SMILES string of the molecule is CN(C)c1nc(Cl)c(CN)s1.Cl.Cl. The summed E-state index contributed by atoms with van der Waals surface area (Å²) in [6, 6.07) is 0. The maximum Gasteiger partial charge on any atom is 0.186 e. The lowest BCUT2D eigenvalue weighted by atomic mass is 10.6. The van der Waals surface area contributed by atoms with E-state index in [2.05, 4.69) is 4.98 Å². The van der Waals surface area contributed by atoms with Gasteiger partial charge in [-0.25, -0.2) is 4.98 Å². The average Bonchev–Trinajstić information content (AvgIpc) is 2.31. The smallest absolute Gasteiger partial charge is 0.186 e. The molecule has 0 saturated carbocycles. The van der Waals surface area contributed by atoms with Gasteiger partial charge in [-0.3, -0.25) is 0 Å². The Morgan fingerprint density at radius 1 is 1.46 bits per heavy atom. The van der Waals surface area contributed by atoms with Crippen molar-refractivity contribution in [3.05, 3.63) is 10.0 Å². The molecule has 0 bridgehead atoms. The summed E-state index contributed by atoms with van der Waals surface area (Å²) < 4.78 is 0. The second-order valence-electron chi connectivity index (χ2n) is 2.31. The van der Waals surface area contributed by atoms with E-state index >= 15 is 0 Å². The predicted octanol–water partition coefficient (Wildman–Crippen LogP) is 2.16. The number of nitrogens with two attached hydrogens (primary N) is 1. The maximum absolute atomic E-state index is 5.78. The van der Waals surface area contributed by atoms with Crippen molar-refractivity contribution in [2.75, 3.05) is 19.0 Å². The molecule has 78 valence electrons. The number of aromatic nitrogens is 1. The largest absolute Gasteiger partial charge is 0.354 e. The number of rotatable bonds is 2. The third-order valence-corrected chi connectivity index (χ3v) is 2.88. The van der Waals surface area contributed by atoms with Gasteiger partial charge < -0.3 is 10.6 Å². The fourth-order valence-corrected chi connectivity index (χ4v) is 1.71. The molecule has 0 aliphatic rings. The molecule has 1 aromatic heterocycles. The number of hydrogen-bond donors (Lipinski definition) is 1. The van der Waals surface area contributed by atoms with E-state index in [0.717, 1.165) is 10.0 Å². The van der Waals surface area contributed by atoms with Crippen LogP contribution in [0.25, 0.3) is 0 Å². The molecule has 3 nitrogen and oxygen atoms in total. The summed E-state index contributed by atoms with van der Waals surface area (Å²) >= 11 is 7.31. The van der Waals surface area contributed by atoms with Gasteiger partial charge in [-0.05, 0) is 0 Å². The molecular formula is C6H12Cl3N3S. The van der Waals surface area contributed by atoms with Gasteiger partial charge in [0.15, 0.2) is 5.13 Å². The molecule has 0 amide bonds. The van der Waals surface area contributed by atoms with E-state index in [4.69, 9.17) is 17.3 Å². The van der Waals surface area contributed by atoms with Crippen LogP contribution in [0.3, 0.4) is 0 Å². The topological polar surface area (TPSA) is 42.2 Å². The molecule has 1 aromatic rings. The predicted molar refractivity (Wildman–Crippen MR) is 63.8 cm³/mol. The van der Waals surface area contributed by atoms with E-state index in [1.165, 1.54) is 11.3 Å². The number of hydrogen-bond acceptors (Lipinski definition) is 4. The quantitative estimate of drug-likeness (QED) is 0.890. The first-order valence-electron chi connectivity index (χ1n) is 3.17. The van der Waals surface area contributed by atoms with E-state index in [1.54, 1.807) is 0 Å². The van der Waals surface area contributed by atoms with E-state index in [-0.39, 0.29) is 24.8 Å². The first-order valence-corrected chi connectivity index (χ1v) is 4.37. The van der Waals surface area contributed by atoms with Crippen LogP contribution < -0.4 is 10.6 Å². The van der Waals surface area contributed by atoms with Crippen LogP contribution in [0.4, 0.5) is 5.13 Å². The first kappa shape index (κ1) is 15.7. The summed E-state index contributed by atoms with van der Waals surface area (Å²) in [7, 11) is 3.85. The number of anilines is 1. The van der Waals surface area contributed by atoms with Gasteiger partial charge in [-0.2, -0.15) is 0 Å². The first-order chi connectivity index (χ1) is 5.15. The minimum absolute atomic E-state index is 0.